The quantitative estimate of drug-likeness (QED) is 0.0552. The minimum absolute atomic E-state index is 0. The number of nitrogens with one attached hydrogen (secondary N) is 1. The Morgan fingerprint density at radius 1 is 1.06 bits per heavy atom. The Hall–Kier alpha value is 0.654. The van der Waals surface area contributed by atoms with Crippen molar-refractivity contribution < 1.29 is 48.4 Å². The van der Waals surface area contributed by atoms with E-state index in [0.29, 0.717) is 38.9 Å². The topological polar surface area (TPSA) is 178 Å². The number of aliphatic hydroxyl groups excluding tert-OH is 1. The van der Waals surface area contributed by atoms with Crippen LogP contribution in [-0.2, 0) is 27.5 Å². The van der Waals surface area contributed by atoms with Crippen LogP contribution in [0, 0.1) is 0 Å². The largest absolute Gasteiger partial charge is 1.00 e. The molecule has 1 fully saturated rings. The maximum Gasteiger partial charge on any atom is 1.00 e. The molecule has 202 valence electrons. The molecular weight excluding hydrogens is 512 g/mol. The fourth-order valence-electron chi connectivity index (χ4n) is 2.20. The van der Waals surface area contributed by atoms with E-state index in [1.54, 1.807) is 21.3 Å². The summed E-state index contributed by atoms with van der Waals surface area (Å²) in [6.07, 6.45) is 4.70. The van der Waals surface area contributed by atoms with Crippen molar-refractivity contribution in [3.63, 3.8) is 0 Å². The fraction of sp³-hybridized carbons (Fsp3) is 1.00. The van der Waals surface area contributed by atoms with Crippen molar-refractivity contribution in [1.82, 2.24) is 4.72 Å². The molecule has 0 aromatic heterocycles. The first-order valence-corrected chi connectivity index (χ1v) is 16.9. The predicted octanol–water partition coefficient (Wildman–Crippen LogP) is -0.457. The standard InChI is InChI=1S/C9H20O5Si.C7H19NO5SSi.CH5NS/c1-10-15(11-2,12-3)6-4-5-13-7-9-8-14-9;1-14-8-5-7(9)6-13-3-2-4-15(10,11)12;1-3-2/h9H,4-8H2,1-3H3;7-12H,2-6H2,1H3;2H2,1H3/p+1. The van der Waals surface area contributed by atoms with Gasteiger partial charge in [-0.1, -0.05) is 23.9 Å². The van der Waals surface area contributed by atoms with Crippen LogP contribution < -0.4 is 9.86 Å². The smallest absolute Gasteiger partial charge is 0.390 e. The second kappa shape index (κ2) is 23.1. The van der Waals surface area contributed by atoms with Gasteiger partial charge >= 0.3 is 19.0 Å². The monoisotopic (exact) mass is 557 g/mol. The summed E-state index contributed by atoms with van der Waals surface area (Å²) < 4.78 is 34.3. The third kappa shape index (κ3) is 25.6. The van der Waals surface area contributed by atoms with Crippen molar-refractivity contribution in [2.75, 3.05) is 73.4 Å². The SMILES string of the molecule is CO[Si](CCCOCC1CO1)(OC)OC.CSN.CSNCC(O)COCCC[Si](O)(O)O.[H+]. The van der Waals surface area contributed by atoms with Crippen molar-refractivity contribution in [1.29, 1.82) is 0 Å². The molecule has 0 bridgehead atoms. The molecule has 1 heterocycles. The molecule has 7 N–H and O–H groups in total. The van der Waals surface area contributed by atoms with E-state index >= 15 is 0 Å². The van der Waals surface area contributed by atoms with Gasteiger partial charge in [0.15, 0.2) is 0 Å². The van der Waals surface area contributed by atoms with Crippen LogP contribution in [0.2, 0.25) is 12.1 Å². The number of epoxide rings is 1. The van der Waals surface area contributed by atoms with Crippen LogP contribution in [0.4, 0.5) is 0 Å². The highest BCUT2D eigenvalue weighted by molar-refractivity contribution is 7.96. The minimum Gasteiger partial charge on any atom is -0.390 e. The highest BCUT2D eigenvalue weighted by Gasteiger charge is 2.36. The van der Waals surface area contributed by atoms with Crippen LogP contribution in [0.15, 0.2) is 0 Å². The second-order valence-electron chi connectivity index (χ2n) is 6.82. The van der Waals surface area contributed by atoms with Crippen LogP contribution in [0.3, 0.4) is 0 Å². The molecule has 12 nitrogen and oxygen atoms in total. The van der Waals surface area contributed by atoms with Gasteiger partial charge in [-0.25, -0.2) is 0 Å². The molecule has 2 atom stereocenters. The van der Waals surface area contributed by atoms with Gasteiger partial charge in [0, 0.05) is 53.2 Å². The molecular formula is C17H45N2O10S2Si2+. The summed E-state index contributed by atoms with van der Waals surface area (Å²) in [7, 11) is -1.43. The normalized spacial score (nSPS) is 16.4. The van der Waals surface area contributed by atoms with Gasteiger partial charge in [0.2, 0.25) is 0 Å². The number of nitrogens with two attached hydrogens (primary N) is 1. The van der Waals surface area contributed by atoms with E-state index in [2.05, 4.69) is 4.72 Å². The third-order valence-electron chi connectivity index (χ3n) is 3.99. The molecule has 0 saturated carbocycles. The van der Waals surface area contributed by atoms with Crippen molar-refractivity contribution in [2.45, 2.75) is 37.1 Å². The number of hydrogen-bond donors (Lipinski definition) is 6. The molecule has 0 aromatic rings. The third-order valence-corrected chi connectivity index (χ3v) is 8.30. The van der Waals surface area contributed by atoms with Gasteiger partial charge in [-0.05, 0) is 25.4 Å². The molecule has 1 aliphatic heterocycles. The Morgan fingerprint density at radius 2 is 1.58 bits per heavy atom. The first kappa shape index (κ1) is 35.8. The zero-order valence-electron chi connectivity index (χ0n) is 21.4. The zero-order chi connectivity index (χ0) is 25.6. The fourth-order valence-corrected chi connectivity index (χ4v) is 4.86. The number of rotatable bonds is 18. The average molecular weight is 558 g/mol. The summed E-state index contributed by atoms with van der Waals surface area (Å²) in [6, 6.07) is 0.744. The lowest BCUT2D eigenvalue weighted by Crippen LogP contribution is -2.42. The Kier molecular flexibility index (Phi) is 25.0. The van der Waals surface area contributed by atoms with Gasteiger partial charge in [-0.3, -0.25) is 9.86 Å². The molecule has 16 heteroatoms. The minimum atomic E-state index is -3.91. The maximum atomic E-state index is 9.30. The molecule has 1 rings (SSSR count). The summed E-state index contributed by atoms with van der Waals surface area (Å²) in [5, 5.41) is 14.1. The van der Waals surface area contributed by atoms with E-state index in [1.165, 1.54) is 23.9 Å². The average Bonchev–Trinajstić information content (AvgIpc) is 3.60. The van der Waals surface area contributed by atoms with Crippen molar-refractivity contribution in [3.8, 4) is 0 Å². The van der Waals surface area contributed by atoms with Gasteiger partial charge in [-0.15, -0.1) is 0 Å². The lowest BCUT2D eigenvalue weighted by molar-refractivity contribution is 0.0391. The van der Waals surface area contributed by atoms with E-state index in [0.717, 1.165) is 19.1 Å². The summed E-state index contributed by atoms with van der Waals surface area (Å²) >= 11 is 2.67. The van der Waals surface area contributed by atoms with Gasteiger partial charge in [0.1, 0.15) is 6.10 Å². The van der Waals surface area contributed by atoms with Crippen molar-refractivity contribution in [3.05, 3.63) is 0 Å². The molecule has 0 radical (unpaired) electrons. The van der Waals surface area contributed by atoms with Gasteiger partial charge in [-0.2, -0.15) is 0 Å². The highest BCUT2D eigenvalue weighted by atomic mass is 32.2. The lowest BCUT2D eigenvalue weighted by atomic mass is 10.4. The van der Waals surface area contributed by atoms with Crippen LogP contribution in [0.25, 0.3) is 0 Å². The van der Waals surface area contributed by atoms with E-state index in [1.807, 2.05) is 12.5 Å². The second-order valence-corrected chi connectivity index (χ2v) is 13.1. The van der Waals surface area contributed by atoms with Gasteiger partial charge < -0.3 is 47.0 Å². The van der Waals surface area contributed by atoms with Crippen molar-refractivity contribution in [2.24, 2.45) is 5.14 Å². The zero-order valence-corrected chi connectivity index (χ0v) is 24.0. The molecule has 33 heavy (non-hydrogen) atoms. The van der Waals surface area contributed by atoms with Crippen LogP contribution in [0.5, 0.6) is 0 Å². The molecule has 1 saturated heterocycles. The summed E-state index contributed by atoms with van der Waals surface area (Å²) in [6.45, 7) is 3.18. The predicted molar refractivity (Wildman–Crippen MR) is 136 cm³/mol. The van der Waals surface area contributed by atoms with Crippen LogP contribution >= 0.6 is 23.9 Å². The summed E-state index contributed by atoms with van der Waals surface area (Å²) in [4.78, 5) is 26.0. The lowest BCUT2D eigenvalue weighted by Gasteiger charge is -2.24. The summed E-state index contributed by atoms with van der Waals surface area (Å²) in [5.41, 5.74) is 0. The van der Waals surface area contributed by atoms with Crippen LogP contribution in [-0.4, -0.2) is 123 Å². The number of aliphatic hydroxyl groups is 1. The van der Waals surface area contributed by atoms with E-state index in [9.17, 15) is 5.11 Å². The van der Waals surface area contributed by atoms with E-state index in [-0.39, 0.29) is 14.1 Å². The molecule has 1 aliphatic rings. The Bertz CT molecular complexity index is 422. The maximum absolute atomic E-state index is 9.30. The highest BCUT2D eigenvalue weighted by Crippen LogP contribution is 2.15. The first-order chi connectivity index (χ1) is 15.6. The molecule has 2 unspecified atom stereocenters. The molecule has 0 aromatic carbocycles. The number of hydrogen-bond acceptors (Lipinski definition) is 14. The number of ether oxygens (including phenoxy) is 3. The Labute approximate surface area is 210 Å². The van der Waals surface area contributed by atoms with Gasteiger partial charge in [0.25, 0.3) is 0 Å². The van der Waals surface area contributed by atoms with Crippen LogP contribution in [0.1, 0.15) is 14.3 Å². The molecule has 0 aliphatic carbocycles. The van der Waals surface area contributed by atoms with Crippen molar-refractivity contribution >= 4 is 41.5 Å². The van der Waals surface area contributed by atoms with E-state index < -0.39 is 23.7 Å². The molecule has 0 spiro atoms. The first-order valence-electron chi connectivity index (χ1n) is 10.4. The van der Waals surface area contributed by atoms with E-state index in [4.69, 9.17) is 47.0 Å². The summed E-state index contributed by atoms with van der Waals surface area (Å²) in [5.74, 6) is 0. The Morgan fingerprint density at radius 3 is 2.03 bits per heavy atom. The Balaban J connectivity index is -0.000000493. The van der Waals surface area contributed by atoms with Gasteiger partial charge in [0.05, 0.1) is 25.9 Å². The molecule has 0 amide bonds.